The minimum atomic E-state index is -1.89. The summed E-state index contributed by atoms with van der Waals surface area (Å²) in [6.45, 7) is 11.2. The van der Waals surface area contributed by atoms with Crippen LogP contribution in [0.1, 0.15) is 32.8 Å². The Labute approximate surface area is 144 Å². The molecule has 1 aromatic rings. The van der Waals surface area contributed by atoms with Crippen molar-refractivity contribution in [1.82, 2.24) is 0 Å². The Bertz CT molecular complexity index is 587. The lowest BCUT2D eigenvalue weighted by Gasteiger charge is -2.37. The number of aliphatic hydroxyl groups is 1. The summed E-state index contributed by atoms with van der Waals surface area (Å²) in [5.74, 6) is -1.82. The van der Waals surface area contributed by atoms with E-state index in [-0.39, 0.29) is 5.04 Å². The van der Waals surface area contributed by atoms with E-state index in [1.165, 1.54) is 24.7 Å². The highest BCUT2D eigenvalue weighted by molar-refractivity contribution is 6.74. The Morgan fingerprint density at radius 3 is 2.42 bits per heavy atom. The monoisotopic (exact) mass is 354 g/mol. The second-order valence-corrected chi connectivity index (χ2v) is 12.4. The van der Waals surface area contributed by atoms with E-state index in [4.69, 9.17) is 13.9 Å². The molecule has 134 valence electrons. The maximum absolute atomic E-state index is 13.6. The molecular formula is C18H27FO4Si. The standard InChI is InChI=1S/C18H27FO4Si/c1-17(2,3)24(4,5)23-10-9-16(20)18(21-11-12-22-18)14-7-6-8-15(19)13-14/h6-8,11-13,16,20H,9-10H2,1-5H3. The van der Waals surface area contributed by atoms with E-state index in [0.29, 0.717) is 18.6 Å². The van der Waals surface area contributed by atoms with E-state index >= 15 is 0 Å². The second-order valence-electron chi connectivity index (χ2n) is 7.60. The van der Waals surface area contributed by atoms with E-state index in [1.54, 1.807) is 12.1 Å². The molecule has 0 amide bonds. The third-order valence-electron chi connectivity index (χ3n) is 4.87. The first-order valence-corrected chi connectivity index (χ1v) is 11.1. The summed E-state index contributed by atoms with van der Waals surface area (Å²) in [6, 6.07) is 5.89. The number of halogens is 1. The lowest BCUT2D eigenvalue weighted by Crippen LogP contribution is -2.44. The molecule has 0 spiro atoms. The SMILES string of the molecule is CC(C)(C)[Si](C)(C)OCCC(O)C1(c2cccc(F)c2)OC=CO1. The molecule has 1 atom stereocenters. The number of rotatable bonds is 6. The van der Waals surface area contributed by atoms with Crippen molar-refractivity contribution in [3.05, 3.63) is 48.2 Å². The summed E-state index contributed by atoms with van der Waals surface area (Å²) in [7, 11) is -1.89. The van der Waals surface area contributed by atoms with Crippen molar-refractivity contribution in [3.63, 3.8) is 0 Å². The van der Waals surface area contributed by atoms with Crippen molar-refractivity contribution >= 4 is 8.32 Å². The average molecular weight is 354 g/mol. The zero-order valence-corrected chi connectivity index (χ0v) is 16.0. The van der Waals surface area contributed by atoms with Gasteiger partial charge >= 0.3 is 5.79 Å². The topological polar surface area (TPSA) is 47.9 Å². The molecule has 1 aliphatic heterocycles. The van der Waals surface area contributed by atoms with E-state index in [0.717, 1.165) is 0 Å². The van der Waals surface area contributed by atoms with Crippen LogP contribution in [-0.2, 0) is 19.7 Å². The molecule has 4 nitrogen and oxygen atoms in total. The lowest BCUT2D eigenvalue weighted by atomic mass is 9.97. The van der Waals surface area contributed by atoms with Gasteiger partial charge in [0, 0.05) is 18.6 Å². The average Bonchev–Trinajstić information content (AvgIpc) is 2.96. The molecule has 1 N–H and O–H groups in total. The van der Waals surface area contributed by atoms with Crippen LogP contribution in [0.4, 0.5) is 4.39 Å². The number of hydrogen-bond donors (Lipinski definition) is 1. The van der Waals surface area contributed by atoms with Crippen molar-refractivity contribution in [2.45, 2.75) is 57.2 Å². The molecule has 0 aliphatic carbocycles. The third kappa shape index (κ3) is 3.82. The second kappa shape index (κ2) is 6.86. The van der Waals surface area contributed by atoms with Crippen molar-refractivity contribution in [3.8, 4) is 0 Å². The predicted octanol–water partition coefficient (Wildman–Crippen LogP) is 4.27. The maximum Gasteiger partial charge on any atom is 0.303 e. The predicted molar refractivity (Wildman–Crippen MR) is 93.2 cm³/mol. The number of benzene rings is 1. The van der Waals surface area contributed by atoms with Crippen LogP contribution in [0.2, 0.25) is 18.1 Å². The third-order valence-corrected chi connectivity index (χ3v) is 9.41. The van der Waals surface area contributed by atoms with Crippen LogP contribution in [-0.4, -0.2) is 26.1 Å². The van der Waals surface area contributed by atoms with Crippen molar-refractivity contribution in [2.75, 3.05) is 6.61 Å². The molecule has 24 heavy (non-hydrogen) atoms. The first-order chi connectivity index (χ1) is 11.1. The summed E-state index contributed by atoms with van der Waals surface area (Å²) < 4.78 is 30.7. The molecule has 0 radical (unpaired) electrons. The van der Waals surface area contributed by atoms with E-state index in [1.807, 2.05) is 0 Å². The van der Waals surface area contributed by atoms with Gasteiger partial charge in [-0.05, 0) is 30.3 Å². The normalized spacial score (nSPS) is 18.1. The Morgan fingerprint density at radius 2 is 1.88 bits per heavy atom. The zero-order valence-electron chi connectivity index (χ0n) is 15.0. The van der Waals surface area contributed by atoms with Crippen LogP contribution < -0.4 is 0 Å². The van der Waals surface area contributed by atoms with Gasteiger partial charge in [-0.15, -0.1) is 0 Å². The van der Waals surface area contributed by atoms with Gasteiger partial charge in [-0.2, -0.15) is 0 Å². The quantitative estimate of drug-likeness (QED) is 0.775. The van der Waals surface area contributed by atoms with Crippen LogP contribution in [0.15, 0.2) is 36.8 Å². The molecule has 0 aromatic heterocycles. The van der Waals surface area contributed by atoms with Gasteiger partial charge in [0.1, 0.15) is 24.4 Å². The van der Waals surface area contributed by atoms with Gasteiger partial charge in [0.15, 0.2) is 8.32 Å². The molecule has 0 saturated heterocycles. The van der Waals surface area contributed by atoms with E-state index < -0.39 is 26.0 Å². The van der Waals surface area contributed by atoms with Gasteiger partial charge < -0.3 is 19.0 Å². The largest absolute Gasteiger partial charge is 0.451 e. The highest BCUT2D eigenvalue weighted by atomic mass is 28.4. The fourth-order valence-corrected chi connectivity index (χ4v) is 3.37. The molecule has 1 aliphatic rings. The Hall–Kier alpha value is -1.37. The molecule has 0 saturated carbocycles. The van der Waals surface area contributed by atoms with E-state index in [2.05, 4.69) is 33.9 Å². The lowest BCUT2D eigenvalue weighted by molar-refractivity contribution is -0.220. The minimum Gasteiger partial charge on any atom is -0.451 e. The summed E-state index contributed by atoms with van der Waals surface area (Å²) in [4.78, 5) is 0. The highest BCUT2D eigenvalue weighted by Crippen LogP contribution is 2.39. The van der Waals surface area contributed by atoms with Crippen LogP contribution >= 0.6 is 0 Å². The Morgan fingerprint density at radius 1 is 1.25 bits per heavy atom. The molecule has 1 aromatic carbocycles. The van der Waals surface area contributed by atoms with Crippen LogP contribution in [0.25, 0.3) is 0 Å². The first kappa shape index (κ1) is 19.0. The summed E-state index contributed by atoms with van der Waals surface area (Å²) in [5, 5.41) is 10.8. The van der Waals surface area contributed by atoms with Gasteiger partial charge in [0.05, 0.1) is 0 Å². The smallest absolute Gasteiger partial charge is 0.303 e. The fraction of sp³-hybridized carbons (Fsp3) is 0.556. The van der Waals surface area contributed by atoms with Crippen molar-refractivity contribution in [1.29, 1.82) is 0 Å². The fourth-order valence-electron chi connectivity index (χ4n) is 2.31. The van der Waals surface area contributed by atoms with Crippen molar-refractivity contribution < 1.29 is 23.4 Å². The summed E-state index contributed by atoms with van der Waals surface area (Å²) >= 11 is 0. The summed E-state index contributed by atoms with van der Waals surface area (Å²) in [5.41, 5.74) is 0.437. The Kier molecular flexibility index (Phi) is 5.42. The van der Waals surface area contributed by atoms with Gasteiger partial charge in [0.2, 0.25) is 0 Å². The molecule has 0 bridgehead atoms. The Balaban J connectivity index is 2.07. The van der Waals surface area contributed by atoms with Gasteiger partial charge in [0.25, 0.3) is 0 Å². The molecule has 2 rings (SSSR count). The molecule has 0 fully saturated rings. The van der Waals surface area contributed by atoms with Crippen molar-refractivity contribution in [2.24, 2.45) is 0 Å². The maximum atomic E-state index is 13.6. The van der Waals surface area contributed by atoms with Gasteiger partial charge in [-0.25, -0.2) is 4.39 Å². The van der Waals surface area contributed by atoms with Crippen LogP contribution in [0.3, 0.4) is 0 Å². The van der Waals surface area contributed by atoms with Crippen LogP contribution in [0, 0.1) is 5.82 Å². The molecular weight excluding hydrogens is 327 g/mol. The zero-order chi connectivity index (χ0) is 18.0. The number of hydrogen-bond acceptors (Lipinski definition) is 4. The molecule has 1 heterocycles. The number of ether oxygens (including phenoxy) is 2. The first-order valence-electron chi connectivity index (χ1n) is 8.17. The summed E-state index contributed by atoms with van der Waals surface area (Å²) in [6.07, 6.45) is 2.06. The number of aliphatic hydroxyl groups excluding tert-OH is 1. The van der Waals surface area contributed by atoms with Crippen LogP contribution in [0.5, 0.6) is 0 Å². The van der Waals surface area contributed by atoms with E-state index in [9.17, 15) is 9.50 Å². The van der Waals surface area contributed by atoms with Gasteiger partial charge in [-0.3, -0.25) is 0 Å². The highest BCUT2D eigenvalue weighted by Gasteiger charge is 2.46. The molecule has 1 unspecified atom stereocenters. The van der Waals surface area contributed by atoms with Gasteiger partial charge in [-0.1, -0.05) is 32.9 Å². The molecule has 6 heteroatoms. The minimum absolute atomic E-state index is 0.0973.